The van der Waals surface area contributed by atoms with Gasteiger partial charge < -0.3 is 9.47 Å². The fourth-order valence-electron chi connectivity index (χ4n) is 0.460. The lowest BCUT2D eigenvalue weighted by Gasteiger charge is -1.97. The van der Waals surface area contributed by atoms with E-state index in [0.29, 0.717) is 6.61 Å². The van der Waals surface area contributed by atoms with Gasteiger partial charge in [-0.25, -0.2) is 4.79 Å². The van der Waals surface area contributed by atoms with Crippen molar-refractivity contribution in [3.63, 3.8) is 0 Å². The molecular weight excluding hydrogens is 170 g/mol. The van der Waals surface area contributed by atoms with Crippen molar-refractivity contribution in [1.29, 1.82) is 5.26 Å². The van der Waals surface area contributed by atoms with Gasteiger partial charge in [0.25, 0.3) is 0 Å². The first-order valence-electron chi connectivity index (χ1n) is 3.75. The Labute approximate surface area is 77.1 Å². The van der Waals surface area contributed by atoms with Gasteiger partial charge >= 0.3 is 5.97 Å². The number of esters is 1. The molecule has 0 fully saturated rings. The van der Waals surface area contributed by atoms with Crippen molar-refractivity contribution in [2.75, 3.05) is 13.2 Å². The summed E-state index contributed by atoms with van der Waals surface area (Å²) in [4.78, 5) is 10.8. The molecule has 0 aromatic rings. The van der Waals surface area contributed by atoms with Gasteiger partial charge in [-0.2, -0.15) is 5.26 Å². The number of ether oxygens (including phenoxy) is 2. The quantitative estimate of drug-likeness (QED) is 0.276. The third-order valence-electron chi connectivity index (χ3n) is 1.05. The molecule has 0 saturated carbocycles. The van der Waals surface area contributed by atoms with E-state index in [9.17, 15) is 4.79 Å². The molecule has 0 bridgehead atoms. The number of carbonyl (C=O) groups excluding carboxylic acids is 1. The fourth-order valence-corrected chi connectivity index (χ4v) is 0.460. The van der Waals surface area contributed by atoms with Crippen LogP contribution in [-0.2, 0) is 14.3 Å². The summed E-state index contributed by atoms with van der Waals surface area (Å²) < 4.78 is 9.46. The minimum Gasteiger partial charge on any atom is -0.502 e. The van der Waals surface area contributed by atoms with Crippen LogP contribution < -0.4 is 0 Å². The molecule has 13 heavy (non-hydrogen) atoms. The molecule has 70 valence electrons. The molecule has 0 heterocycles. The normalized spacial score (nSPS) is 9.23. The summed E-state index contributed by atoms with van der Waals surface area (Å²) in [6, 6.07) is 1.59. The van der Waals surface area contributed by atoms with E-state index >= 15 is 0 Å². The average Bonchev–Trinajstić information content (AvgIpc) is 2.16. The van der Waals surface area contributed by atoms with Crippen LogP contribution in [0.3, 0.4) is 0 Å². The van der Waals surface area contributed by atoms with E-state index in [0.717, 1.165) is 0 Å². The van der Waals surface area contributed by atoms with Crippen LogP contribution in [0.2, 0.25) is 0 Å². The number of hydrogen-bond donors (Lipinski definition) is 0. The lowest BCUT2D eigenvalue weighted by atomic mass is 10.3. The fraction of sp³-hybridized carbons (Fsp3) is 0.333. The van der Waals surface area contributed by atoms with Crippen molar-refractivity contribution in [1.82, 2.24) is 0 Å². The first kappa shape index (κ1) is 11.2. The Balaban J connectivity index is 3.61. The highest BCUT2D eigenvalue weighted by Gasteiger charge is 2.04. The molecule has 0 aliphatic carbocycles. The van der Waals surface area contributed by atoms with E-state index < -0.39 is 5.97 Å². The molecule has 0 N–H and O–H groups in total. The zero-order valence-corrected chi connectivity index (χ0v) is 7.45. The Morgan fingerprint density at radius 1 is 1.69 bits per heavy atom. The van der Waals surface area contributed by atoms with Gasteiger partial charge in [-0.05, 0) is 13.0 Å². The predicted molar refractivity (Wildman–Crippen MR) is 46.5 cm³/mol. The van der Waals surface area contributed by atoms with Crippen LogP contribution >= 0.6 is 0 Å². The van der Waals surface area contributed by atoms with Gasteiger partial charge in [-0.1, -0.05) is 6.58 Å². The Kier molecular flexibility index (Phi) is 5.98. The van der Waals surface area contributed by atoms with Crippen LogP contribution in [0.25, 0.3) is 0 Å². The summed E-state index contributed by atoms with van der Waals surface area (Å²) in [5.41, 5.74) is -0.204. The zero-order chi connectivity index (χ0) is 10.1. The lowest BCUT2D eigenvalue weighted by Crippen LogP contribution is -2.05. The van der Waals surface area contributed by atoms with Gasteiger partial charge in [-0.15, -0.1) is 0 Å². The molecule has 0 rings (SSSR count). The second-order valence-corrected chi connectivity index (χ2v) is 2.02. The van der Waals surface area contributed by atoms with E-state index in [1.54, 1.807) is 6.07 Å². The molecule has 0 saturated heterocycles. The van der Waals surface area contributed by atoms with Crippen molar-refractivity contribution >= 4 is 5.97 Å². The van der Waals surface area contributed by atoms with Crippen LogP contribution in [0.4, 0.5) is 0 Å². The lowest BCUT2D eigenvalue weighted by molar-refractivity contribution is -0.137. The standard InChI is InChI=1S/C9H11NO3/c1-3-12-5-4-6-13-9(11)8(2)7-10/h4-5H,2-3,6H2,1H3. The maximum absolute atomic E-state index is 10.8. The van der Waals surface area contributed by atoms with E-state index in [-0.39, 0.29) is 12.2 Å². The van der Waals surface area contributed by atoms with Crippen LogP contribution in [-0.4, -0.2) is 19.2 Å². The zero-order valence-electron chi connectivity index (χ0n) is 7.45. The van der Waals surface area contributed by atoms with Crippen LogP contribution in [0, 0.1) is 11.3 Å². The topological polar surface area (TPSA) is 59.3 Å². The van der Waals surface area contributed by atoms with Crippen molar-refractivity contribution in [2.24, 2.45) is 0 Å². The molecule has 0 aliphatic rings. The third-order valence-corrected chi connectivity index (χ3v) is 1.05. The molecule has 0 unspecified atom stereocenters. The average molecular weight is 181 g/mol. The maximum Gasteiger partial charge on any atom is 0.348 e. The highest BCUT2D eigenvalue weighted by atomic mass is 16.5. The highest BCUT2D eigenvalue weighted by Crippen LogP contribution is 1.92. The summed E-state index contributed by atoms with van der Waals surface area (Å²) in [5.74, 6) is -0.705. The van der Waals surface area contributed by atoms with E-state index in [1.165, 1.54) is 12.3 Å². The van der Waals surface area contributed by atoms with E-state index in [1.807, 2.05) is 6.92 Å². The summed E-state index contributed by atoms with van der Waals surface area (Å²) in [6.45, 7) is 5.69. The number of rotatable bonds is 5. The Bertz CT molecular complexity index is 250. The highest BCUT2D eigenvalue weighted by molar-refractivity contribution is 5.91. The number of nitriles is 1. The molecule has 0 aromatic heterocycles. The Morgan fingerprint density at radius 3 is 2.92 bits per heavy atom. The summed E-state index contributed by atoms with van der Waals surface area (Å²) in [7, 11) is 0. The molecule has 0 radical (unpaired) electrons. The minimum atomic E-state index is -0.705. The van der Waals surface area contributed by atoms with Crippen molar-refractivity contribution in [2.45, 2.75) is 6.92 Å². The van der Waals surface area contributed by atoms with Crippen LogP contribution in [0.1, 0.15) is 6.92 Å². The van der Waals surface area contributed by atoms with Gasteiger partial charge in [0, 0.05) is 0 Å². The van der Waals surface area contributed by atoms with Crippen LogP contribution in [0.15, 0.2) is 24.5 Å². The minimum absolute atomic E-state index is 0.0829. The molecule has 0 aliphatic heterocycles. The summed E-state index contributed by atoms with van der Waals surface area (Å²) in [6.07, 6.45) is 2.97. The van der Waals surface area contributed by atoms with Gasteiger partial charge in [0.1, 0.15) is 18.2 Å². The van der Waals surface area contributed by atoms with Crippen molar-refractivity contribution in [3.8, 4) is 6.07 Å². The molecule has 4 nitrogen and oxygen atoms in total. The first-order valence-corrected chi connectivity index (χ1v) is 3.75. The number of hydrogen-bond acceptors (Lipinski definition) is 4. The number of carbonyl (C=O) groups is 1. The Morgan fingerprint density at radius 2 is 2.38 bits per heavy atom. The Hall–Kier alpha value is -1.76. The second kappa shape index (κ2) is 6.92. The van der Waals surface area contributed by atoms with Crippen molar-refractivity contribution < 1.29 is 14.3 Å². The largest absolute Gasteiger partial charge is 0.502 e. The summed E-state index contributed by atoms with van der Waals surface area (Å²) >= 11 is 0. The third kappa shape index (κ3) is 5.50. The summed E-state index contributed by atoms with van der Waals surface area (Å²) in [5, 5.41) is 8.25. The van der Waals surface area contributed by atoms with Gasteiger partial charge in [0.05, 0.1) is 12.9 Å². The second-order valence-electron chi connectivity index (χ2n) is 2.02. The van der Waals surface area contributed by atoms with Gasteiger partial charge in [0.2, 0.25) is 0 Å². The maximum atomic E-state index is 10.8. The molecular formula is C9H11NO3. The molecule has 0 aromatic carbocycles. The van der Waals surface area contributed by atoms with Gasteiger partial charge in [-0.3, -0.25) is 0 Å². The smallest absolute Gasteiger partial charge is 0.348 e. The molecule has 4 heteroatoms. The van der Waals surface area contributed by atoms with Crippen LogP contribution in [0.5, 0.6) is 0 Å². The first-order chi connectivity index (χ1) is 6.22. The van der Waals surface area contributed by atoms with Crippen molar-refractivity contribution in [3.05, 3.63) is 24.5 Å². The van der Waals surface area contributed by atoms with E-state index in [4.69, 9.17) is 10.00 Å². The van der Waals surface area contributed by atoms with E-state index in [2.05, 4.69) is 11.3 Å². The van der Waals surface area contributed by atoms with Gasteiger partial charge in [0.15, 0.2) is 0 Å². The monoisotopic (exact) mass is 181 g/mol. The predicted octanol–water partition coefficient (Wildman–Crippen LogP) is 1.16. The molecule has 0 atom stereocenters. The SMILES string of the molecule is C=C(C#N)C(=O)OCC=COCC. The number of nitrogens with zero attached hydrogens (tertiary/aromatic N) is 1. The molecule has 0 amide bonds. The molecule has 0 spiro atoms.